The second-order valence-electron chi connectivity index (χ2n) is 5.45. The lowest BCUT2D eigenvalue weighted by molar-refractivity contribution is -0.384. The van der Waals surface area contributed by atoms with Gasteiger partial charge in [0.1, 0.15) is 0 Å². The van der Waals surface area contributed by atoms with Crippen molar-refractivity contribution in [1.29, 1.82) is 0 Å². The molecule has 0 fully saturated rings. The van der Waals surface area contributed by atoms with Gasteiger partial charge in [0.15, 0.2) is 0 Å². The highest BCUT2D eigenvalue weighted by atomic mass is 16.6. The number of carbonyl (C=O) groups is 3. The number of nitrogens with one attached hydrogen (secondary N) is 2. The number of ether oxygens (including phenoxy) is 1. The molecular formula is C18H17N3O6. The smallest absolute Gasteiger partial charge is 0.316 e. The molecule has 9 nitrogen and oxygen atoms in total. The van der Waals surface area contributed by atoms with Crippen LogP contribution in [0.5, 0.6) is 0 Å². The second kappa shape index (κ2) is 9.09. The van der Waals surface area contributed by atoms with Crippen LogP contribution in [0.25, 0.3) is 0 Å². The standard InChI is InChI=1S/C18H17N3O6/c1-27-18(24)13-4-2-3-12(5-6-13)17(23)19-11-16(22)20-14-7-9-15(10-8-14)21(25)26/h2-10,13H,11H2,1H3,(H,19,23)(H,20,22). The minimum Gasteiger partial charge on any atom is -0.468 e. The van der Waals surface area contributed by atoms with Crippen LogP contribution in [0.1, 0.15) is 0 Å². The van der Waals surface area contributed by atoms with E-state index in [1.54, 1.807) is 12.2 Å². The minimum atomic E-state index is -0.581. The van der Waals surface area contributed by atoms with Crippen molar-refractivity contribution in [3.05, 3.63) is 70.3 Å². The number of amides is 2. The molecule has 0 bridgehead atoms. The highest BCUT2D eigenvalue weighted by Gasteiger charge is 2.16. The third-order valence-electron chi connectivity index (χ3n) is 3.58. The van der Waals surface area contributed by atoms with Gasteiger partial charge >= 0.3 is 5.97 Å². The molecule has 0 aliphatic heterocycles. The van der Waals surface area contributed by atoms with Crippen LogP contribution >= 0.6 is 0 Å². The summed E-state index contributed by atoms with van der Waals surface area (Å²) < 4.78 is 4.64. The van der Waals surface area contributed by atoms with Crippen LogP contribution in [0.15, 0.2) is 60.2 Å². The highest BCUT2D eigenvalue weighted by Crippen LogP contribution is 2.15. The van der Waals surface area contributed by atoms with E-state index in [2.05, 4.69) is 15.4 Å². The number of esters is 1. The Labute approximate surface area is 154 Å². The van der Waals surface area contributed by atoms with E-state index in [1.807, 2.05) is 0 Å². The summed E-state index contributed by atoms with van der Waals surface area (Å²) in [5.74, 6) is -2.00. The number of benzene rings is 1. The van der Waals surface area contributed by atoms with Gasteiger partial charge in [0.2, 0.25) is 5.91 Å². The van der Waals surface area contributed by atoms with Crippen molar-refractivity contribution < 1.29 is 24.0 Å². The number of non-ortho nitro benzene ring substituents is 1. The zero-order valence-corrected chi connectivity index (χ0v) is 14.4. The van der Waals surface area contributed by atoms with Gasteiger partial charge in [-0.25, -0.2) is 0 Å². The molecule has 1 atom stereocenters. The fourth-order valence-electron chi connectivity index (χ4n) is 2.18. The molecule has 2 rings (SSSR count). The Hall–Kier alpha value is -3.75. The largest absolute Gasteiger partial charge is 0.468 e. The first kappa shape index (κ1) is 19.6. The molecule has 0 saturated heterocycles. The van der Waals surface area contributed by atoms with Gasteiger partial charge in [-0.1, -0.05) is 24.3 Å². The summed E-state index contributed by atoms with van der Waals surface area (Å²) in [6, 6.07) is 5.32. The number of methoxy groups -OCH3 is 1. The molecular weight excluding hydrogens is 354 g/mol. The Morgan fingerprint density at radius 2 is 1.89 bits per heavy atom. The average molecular weight is 371 g/mol. The second-order valence-corrected chi connectivity index (χ2v) is 5.45. The van der Waals surface area contributed by atoms with Crippen molar-refractivity contribution in [3.63, 3.8) is 0 Å². The van der Waals surface area contributed by atoms with E-state index in [0.717, 1.165) is 0 Å². The summed E-state index contributed by atoms with van der Waals surface area (Å²) in [6.45, 7) is -0.287. The molecule has 27 heavy (non-hydrogen) atoms. The summed E-state index contributed by atoms with van der Waals surface area (Å²) in [7, 11) is 1.28. The van der Waals surface area contributed by atoms with Crippen LogP contribution in [-0.4, -0.2) is 36.4 Å². The molecule has 140 valence electrons. The summed E-state index contributed by atoms with van der Waals surface area (Å²) >= 11 is 0. The maximum absolute atomic E-state index is 12.1. The summed E-state index contributed by atoms with van der Waals surface area (Å²) in [4.78, 5) is 45.6. The quantitative estimate of drug-likeness (QED) is 0.443. The molecule has 1 aromatic rings. The molecule has 1 aliphatic carbocycles. The van der Waals surface area contributed by atoms with Crippen LogP contribution < -0.4 is 10.6 Å². The fourth-order valence-corrected chi connectivity index (χ4v) is 2.18. The van der Waals surface area contributed by atoms with E-state index in [4.69, 9.17) is 0 Å². The van der Waals surface area contributed by atoms with Crippen molar-refractivity contribution in [2.45, 2.75) is 0 Å². The maximum atomic E-state index is 12.1. The van der Waals surface area contributed by atoms with E-state index < -0.39 is 28.6 Å². The van der Waals surface area contributed by atoms with Crippen LogP contribution in [0, 0.1) is 16.0 Å². The predicted molar refractivity (Wildman–Crippen MR) is 96.6 cm³/mol. The number of hydrogen-bond acceptors (Lipinski definition) is 6. The molecule has 0 heterocycles. The first-order chi connectivity index (χ1) is 12.9. The summed E-state index contributed by atoms with van der Waals surface area (Å²) in [6.07, 6.45) is 7.67. The molecule has 9 heteroatoms. The Kier molecular flexibility index (Phi) is 6.59. The monoisotopic (exact) mass is 371 g/mol. The summed E-state index contributed by atoms with van der Waals surface area (Å²) in [5, 5.41) is 15.6. The number of anilines is 1. The topological polar surface area (TPSA) is 128 Å². The molecule has 0 radical (unpaired) electrons. The first-order valence-corrected chi connectivity index (χ1v) is 7.87. The fraction of sp³-hybridized carbons (Fsp3) is 0.167. The normalized spacial score (nSPS) is 15.3. The van der Waals surface area contributed by atoms with Gasteiger partial charge < -0.3 is 15.4 Å². The zero-order valence-electron chi connectivity index (χ0n) is 14.4. The predicted octanol–water partition coefficient (Wildman–Crippen LogP) is 1.49. The van der Waals surface area contributed by atoms with Gasteiger partial charge in [-0.2, -0.15) is 0 Å². The van der Waals surface area contributed by atoms with Crippen molar-refractivity contribution in [1.82, 2.24) is 5.32 Å². The van der Waals surface area contributed by atoms with Crippen LogP contribution in [0.4, 0.5) is 11.4 Å². The van der Waals surface area contributed by atoms with E-state index in [9.17, 15) is 24.5 Å². The van der Waals surface area contributed by atoms with E-state index in [-0.39, 0.29) is 17.8 Å². The molecule has 0 aromatic heterocycles. The third-order valence-corrected chi connectivity index (χ3v) is 3.58. The third kappa shape index (κ3) is 5.63. The number of carbonyl (C=O) groups excluding carboxylic acids is 3. The van der Waals surface area contributed by atoms with Crippen molar-refractivity contribution in [2.75, 3.05) is 19.0 Å². The van der Waals surface area contributed by atoms with Gasteiger partial charge in [-0.15, -0.1) is 0 Å². The lowest BCUT2D eigenvalue weighted by atomic mass is 10.1. The number of hydrogen-bond donors (Lipinski definition) is 2. The number of rotatable bonds is 6. The van der Waals surface area contributed by atoms with Crippen LogP contribution in [0.3, 0.4) is 0 Å². The highest BCUT2D eigenvalue weighted by molar-refractivity contribution is 6.00. The van der Waals surface area contributed by atoms with Crippen molar-refractivity contribution in [3.8, 4) is 0 Å². The van der Waals surface area contributed by atoms with Crippen LogP contribution in [-0.2, 0) is 19.1 Å². The SMILES string of the molecule is COC(=O)C1C=CC=C(C(=O)NCC(=O)Nc2ccc([N+](=O)[O-])cc2)C=C1. The van der Waals surface area contributed by atoms with Gasteiger partial charge in [-0.05, 0) is 18.2 Å². The molecule has 1 unspecified atom stereocenters. The first-order valence-electron chi connectivity index (χ1n) is 7.87. The van der Waals surface area contributed by atoms with E-state index in [0.29, 0.717) is 5.69 Å². The minimum absolute atomic E-state index is 0.0910. The molecule has 1 aromatic carbocycles. The molecule has 2 N–H and O–H groups in total. The molecule has 1 aliphatic rings. The maximum Gasteiger partial charge on any atom is 0.316 e. The van der Waals surface area contributed by atoms with E-state index >= 15 is 0 Å². The van der Waals surface area contributed by atoms with Gasteiger partial charge in [0.05, 0.1) is 24.5 Å². The lowest BCUT2D eigenvalue weighted by Gasteiger charge is -2.07. The molecule has 2 amide bonds. The number of allylic oxidation sites excluding steroid dienone is 2. The molecule has 0 spiro atoms. The number of nitrogens with zero attached hydrogens (tertiary/aromatic N) is 1. The van der Waals surface area contributed by atoms with Crippen molar-refractivity contribution >= 4 is 29.2 Å². The van der Waals surface area contributed by atoms with E-state index in [1.165, 1.54) is 49.6 Å². The van der Waals surface area contributed by atoms with Crippen molar-refractivity contribution in [2.24, 2.45) is 5.92 Å². The Morgan fingerprint density at radius 1 is 1.19 bits per heavy atom. The molecule has 0 saturated carbocycles. The van der Waals surface area contributed by atoms with Gasteiger partial charge in [0, 0.05) is 23.4 Å². The van der Waals surface area contributed by atoms with Crippen LogP contribution in [0.2, 0.25) is 0 Å². The Balaban J connectivity index is 1.87. The number of nitro groups is 1. The lowest BCUT2D eigenvalue weighted by Crippen LogP contribution is -2.33. The van der Waals surface area contributed by atoms with Gasteiger partial charge in [-0.3, -0.25) is 24.5 Å². The number of nitro benzene ring substituents is 1. The Morgan fingerprint density at radius 3 is 2.52 bits per heavy atom. The summed E-state index contributed by atoms with van der Waals surface area (Å²) in [5.41, 5.74) is 0.560. The van der Waals surface area contributed by atoms with Gasteiger partial charge in [0.25, 0.3) is 11.6 Å². The Bertz CT molecular complexity index is 839. The average Bonchev–Trinajstić information content (AvgIpc) is 2.92. The zero-order chi connectivity index (χ0) is 19.8.